The fourth-order valence-electron chi connectivity index (χ4n) is 3.49. The Balaban J connectivity index is 2.64. The molecule has 0 amide bonds. The van der Waals surface area contributed by atoms with E-state index in [1.165, 1.54) is 45.4 Å². The minimum absolute atomic E-state index is 0.236. The van der Waals surface area contributed by atoms with Gasteiger partial charge >= 0.3 is 0 Å². The van der Waals surface area contributed by atoms with Crippen molar-refractivity contribution in [1.29, 1.82) is 0 Å². The third kappa shape index (κ3) is 5.85. The Morgan fingerprint density at radius 2 is 1.71 bits per heavy atom. The monoisotopic (exact) mass is 298 g/mol. The number of hydrogen-bond acceptors (Lipinski definition) is 4. The normalized spacial score (nSPS) is 19.9. The molecule has 0 saturated carbocycles. The minimum atomic E-state index is 0.236. The van der Waals surface area contributed by atoms with E-state index >= 15 is 0 Å². The predicted molar refractivity (Wildman–Crippen MR) is 92.7 cm³/mol. The Morgan fingerprint density at radius 3 is 2.14 bits per heavy atom. The highest BCUT2D eigenvalue weighted by Gasteiger charge is 2.38. The molecule has 21 heavy (non-hydrogen) atoms. The van der Waals surface area contributed by atoms with Crippen molar-refractivity contribution in [3.05, 3.63) is 0 Å². The Kier molecular flexibility index (Phi) is 8.17. The molecule has 4 heteroatoms. The zero-order valence-electron chi connectivity index (χ0n) is 15.1. The van der Waals surface area contributed by atoms with Crippen LogP contribution in [0.15, 0.2) is 0 Å². The summed E-state index contributed by atoms with van der Waals surface area (Å²) in [7, 11) is 4.31. The zero-order valence-corrected chi connectivity index (χ0v) is 15.1. The molecule has 1 heterocycles. The van der Waals surface area contributed by atoms with E-state index in [0.717, 1.165) is 25.6 Å². The van der Waals surface area contributed by atoms with Crippen LogP contribution in [0.2, 0.25) is 0 Å². The molecule has 4 nitrogen and oxygen atoms in total. The van der Waals surface area contributed by atoms with E-state index < -0.39 is 0 Å². The van der Waals surface area contributed by atoms with Crippen LogP contribution in [0, 0.1) is 5.92 Å². The Bertz CT molecular complexity index is 270. The average molecular weight is 299 g/mol. The molecule has 1 fully saturated rings. The summed E-state index contributed by atoms with van der Waals surface area (Å²) in [6.45, 7) is 14.8. The summed E-state index contributed by atoms with van der Waals surface area (Å²) in [4.78, 5) is 7.58. The number of likely N-dealkylation sites (N-methyl/N-ethyl adjacent to an activating group) is 1. The standard InChI is InChI=1S/C17H38N4/c1-6-9-21(13-12-19(4)5)17(15-18)7-10-20(11-8-17)14-16(2)3/h16H,6-15,18H2,1-5H3. The van der Waals surface area contributed by atoms with Crippen LogP contribution in [-0.4, -0.2) is 80.1 Å². The van der Waals surface area contributed by atoms with E-state index in [-0.39, 0.29) is 5.54 Å². The topological polar surface area (TPSA) is 35.7 Å². The number of nitrogens with two attached hydrogens (primary N) is 1. The second-order valence-corrected chi connectivity index (χ2v) is 7.41. The van der Waals surface area contributed by atoms with E-state index in [1.807, 2.05) is 0 Å². The summed E-state index contributed by atoms with van der Waals surface area (Å²) in [5.41, 5.74) is 6.48. The van der Waals surface area contributed by atoms with Crippen molar-refractivity contribution in [3.8, 4) is 0 Å². The highest BCUT2D eigenvalue weighted by molar-refractivity contribution is 4.96. The SMILES string of the molecule is CCCN(CCN(C)C)C1(CN)CCN(CC(C)C)CC1. The lowest BCUT2D eigenvalue weighted by atomic mass is 9.85. The van der Waals surface area contributed by atoms with Crippen molar-refractivity contribution in [2.24, 2.45) is 11.7 Å². The summed E-state index contributed by atoms with van der Waals surface area (Å²) in [5, 5.41) is 0. The van der Waals surface area contributed by atoms with E-state index in [4.69, 9.17) is 5.73 Å². The number of likely N-dealkylation sites (tertiary alicyclic amines) is 1. The first-order chi connectivity index (χ1) is 9.93. The van der Waals surface area contributed by atoms with Crippen LogP contribution in [0.5, 0.6) is 0 Å². The fourth-order valence-corrected chi connectivity index (χ4v) is 3.49. The molecule has 126 valence electrons. The maximum atomic E-state index is 6.25. The van der Waals surface area contributed by atoms with Crippen LogP contribution in [0.1, 0.15) is 40.0 Å². The molecule has 0 spiro atoms. The average Bonchev–Trinajstić information content (AvgIpc) is 2.44. The first-order valence-corrected chi connectivity index (χ1v) is 8.75. The van der Waals surface area contributed by atoms with Crippen molar-refractivity contribution in [2.45, 2.75) is 45.6 Å². The van der Waals surface area contributed by atoms with Crippen molar-refractivity contribution >= 4 is 0 Å². The van der Waals surface area contributed by atoms with Crippen LogP contribution in [0.4, 0.5) is 0 Å². The van der Waals surface area contributed by atoms with Gasteiger partial charge < -0.3 is 15.5 Å². The molecular formula is C17H38N4. The highest BCUT2D eigenvalue weighted by atomic mass is 15.3. The molecule has 0 aromatic rings. The second-order valence-electron chi connectivity index (χ2n) is 7.41. The smallest absolute Gasteiger partial charge is 0.0356 e. The molecule has 1 saturated heterocycles. The molecule has 1 aliphatic heterocycles. The minimum Gasteiger partial charge on any atom is -0.329 e. The predicted octanol–water partition coefficient (Wildman–Crippen LogP) is 1.71. The number of rotatable bonds is 9. The van der Waals surface area contributed by atoms with Crippen molar-refractivity contribution in [3.63, 3.8) is 0 Å². The summed E-state index contributed by atoms with van der Waals surface area (Å²) in [6, 6.07) is 0. The van der Waals surface area contributed by atoms with Crippen LogP contribution in [0.3, 0.4) is 0 Å². The van der Waals surface area contributed by atoms with Crippen LogP contribution >= 0.6 is 0 Å². The lowest BCUT2D eigenvalue weighted by molar-refractivity contribution is 0.0199. The molecule has 0 unspecified atom stereocenters. The maximum absolute atomic E-state index is 6.25. The van der Waals surface area contributed by atoms with Gasteiger partial charge in [0.05, 0.1) is 0 Å². The first kappa shape index (κ1) is 18.9. The van der Waals surface area contributed by atoms with Gasteiger partial charge in [-0.15, -0.1) is 0 Å². The third-order valence-electron chi connectivity index (χ3n) is 4.77. The van der Waals surface area contributed by atoms with Gasteiger partial charge in [-0.25, -0.2) is 0 Å². The molecule has 0 bridgehead atoms. The van der Waals surface area contributed by atoms with E-state index in [2.05, 4.69) is 49.6 Å². The highest BCUT2D eigenvalue weighted by Crippen LogP contribution is 2.28. The van der Waals surface area contributed by atoms with Gasteiger partial charge in [0, 0.05) is 31.7 Å². The second kappa shape index (κ2) is 9.09. The number of hydrogen-bond donors (Lipinski definition) is 1. The largest absolute Gasteiger partial charge is 0.329 e. The lowest BCUT2D eigenvalue weighted by Crippen LogP contribution is -2.60. The van der Waals surface area contributed by atoms with E-state index in [1.54, 1.807) is 0 Å². The van der Waals surface area contributed by atoms with Crippen LogP contribution in [-0.2, 0) is 0 Å². The van der Waals surface area contributed by atoms with Crippen molar-refractivity contribution < 1.29 is 0 Å². The quantitative estimate of drug-likeness (QED) is 0.703. The third-order valence-corrected chi connectivity index (χ3v) is 4.77. The molecule has 0 radical (unpaired) electrons. The molecule has 0 aromatic heterocycles. The number of piperidine rings is 1. The van der Waals surface area contributed by atoms with E-state index in [0.29, 0.717) is 0 Å². The van der Waals surface area contributed by atoms with E-state index in [9.17, 15) is 0 Å². The zero-order chi connectivity index (χ0) is 15.9. The molecule has 2 N–H and O–H groups in total. The van der Waals surface area contributed by atoms with Crippen LogP contribution in [0.25, 0.3) is 0 Å². The van der Waals surface area contributed by atoms with Gasteiger partial charge in [0.1, 0.15) is 0 Å². The molecule has 1 rings (SSSR count). The van der Waals surface area contributed by atoms with Gasteiger partial charge in [-0.05, 0) is 58.9 Å². The molecule has 0 aliphatic carbocycles. The summed E-state index contributed by atoms with van der Waals surface area (Å²) < 4.78 is 0. The first-order valence-electron chi connectivity index (χ1n) is 8.75. The fraction of sp³-hybridized carbons (Fsp3) is 1.00. The Hall–Kier alpha value is -0.160. The molecular weight excluding hydrogens is 260 g/mol. The van der Waals surface area contributed by atoms with Gasteiger partial charge in [0.2, 0.25) is 0 Å². The van der Waals surface area contributed by atoms with Crippen LogP contribution < -0.4 is 5.73 Å². The maximum Gasteiger partial charge on any atom is 0.0356 e. The summed E-state index contributed by atoms with van der Waals surface area (Å²) in [6.07, 6.45) is 3.66. The molecule has 0 aromatic carbocycles. The summed E-state index contributed by atoms with van der Waals surface area (Å²) in [5.74, 6) is 0.760. The van der Waals surface area contributed by atoms with Crippen molar-refractivity contribution in [1.82, 2.24) is 14.7 Å². The van der Waals surface area contributed by atoms with Gasteiger partial charge in [-0.3, -0.25) is 4.90 Å². The number of nitrogens with zero attached hydrogens (tertiary/aromatic N) is 3. The van der Waals surface area contributed by atoms with Gasteiger partial charge in [-0.1, -0.05) is 20.8 Å². The molecule has 1 aliphatic rings. The summed E-state index contributed by atoms with van der Waals surface area (Å²) >= 11 is 0. The van der Waals surface area contributed by atoms with Gasteiger partial charge in [0.15, 0.2) is 0 Å². The Morgan fingerprint density at radius 1 is 1.10 bits per heavy atom. The van der Waals surface area contributed by atoms with Gasteiger partial charge in [-0.2, -0.15) is 0 Å². The Labute approximate surface area is 132 Å². The van der Waals surface area contributed by atoms with Crippen molar-refractivity contribution in [2.75, 3.05) is 59.9 Å². The lowest BCUT2D eigenvalue weighted by Gasteiger charge is -2.49. The molecule has 0 atom stereocenters. The van der Waals surface area contributed by atoms with Gasteiger partial charge in [0.25, 0.3) is 0 Å².